The molecule has 1 heterocycles. The van der Waals surface area contributed by atoms with E-state index in [0.29, 0.717) is 36.1 Å². The first kappa shape index (κ1) is 37.4. The maximum atomic E-state index is 14.1. The summed E-state index contributed by atoms with van der Waals surface area (Å²) in [6.45, 7) is 6.37. The number of benzene rings is 1. The smallest absolute Gasteiger partial charge is 0.241 e. The minimum atomic E-state index is -1.15. The number of aliphatic hydroxyl groups excluding tert-OH is 2. The van der Waals surface area contributed by atoms with Crippen LogP contribution in [0.5, 0.6) is 0 Å². The highest BCUT2D eigenvalue weighted by molar-refractivity contribution is 7.13. The van der Waals surface area contributed by atoms with Gasteiger partial charge >= 0.3 is 0 Å². The number of likely N-dealkylation sites (N-methyl/N-ethyl adjacent to an activating group) is 1. The number of nitrogens with zero attached hydrogens (tertiary/aromatic N) is 4. The van der Waals surface area contributed by atoms with Crippen molar-refractivity contribution >= 4 is 34.2 Å². The van der Waals surface area contributed by atoms with Crippen LogP contribution in [0.1, 0.15) is 95.7 Å². The van der Waals surface area contributed by atoms with E-state index in [1.54, 1.807) is 29.3 Å². The summed E-state index contributed by atoms with van der Waals surface area (Å²) in [5.74, 6) is -0.310. The van der Waals surface area contributed by atoms with E-state index in [1.807, 2.05) is 51.1 Å². The zero-order valence-electron chi connectivity index (χ0n) is 28.3. The van der Waals surface area contributed by atoms with Gasteiger partial charge in [-0.3, -0.25) is 14.4 Å². The molecule has 1 fully saturated rings. The highest BCUT2D eigenvalue weighted by atomic mass is 32.1. The number of amides is 3. The van der Waals surface area contributed by atoms with Crippen LogP contribution in [0.15, 0.2) is 35.7 Å². The van der Waals surface area contributed by atoms with Crippen LogP contribution in [0.25, 0.3) is 0 Å². The van der Waals surface area contributed by atoms with E-state index in [2.05, 4.69) is 4.98 Å². The van der Waals surface area contributed by atoms with Crippen molar-refractivity contribution in [2.45, 2.75) is 109 Å². The molecule has 10 nitrogen and oxygen atoms in total. The fourth-order valence-electron chi connectivity index (χ4n) is 6.35. The zero-order valence-corrected chi connectivity index (χ0v) is 29.1. The van der Waals surface area contributed by atoms with Gasteiger partial charge in [0.25, 0.3) is 0 Å². The summed E-state index contributed by atoms with van der Waals surface area (Å²) < 4.78 is 0. The van der Waals surface area contributed by atoms with Gasteiger partial charge in [0, 0.05) is 38.9 Å². The molecule has 3 rings (SSSR count). The van der Waals surface area contributed by atoms with Gasteiger partial charge in [-0.2, -0.15) is 0 Å². The summed E-state index contributed by atoms with van der Waals surface area (Å²) in [5.41, 5.74) is 7.59. The topological polar surface area (TPSA) is 140 Å². The summed E-state index contributed by atoms with van der Waals surface area (Å²) in [5, 5.41) is 24.8. The predicted molar refractivity (Wildman–Crippen MR) is 183 cm³/mol. The molecule has 4 N–H and O–H groups in total. The van der Waals surface area contributed by atoms with Gasteiger partial charge in [0.2, 0.25) is 17.7 Å². The summed E-state index contributed by atoms with van der Waals surface area (Å²) in [7, 11) is 3.31. The molecule has 4 atom stereocenters. The second-order valence-electron chi connectivity index (χ2n) is 13.6. The zero-order chi connectivity index (χ0) is 33.8. The maximum absolute atomic E-state index is 14.1. The number of nitrogens with two attached hydrogens (primary N) is 1. The Morgan fingerprint density at radius 2 is 1.63 bits per heavy atom. The largest absolute Gasteiger partial charge is 0.390 e. The van der Waals surface area contributed by atoms with Crippen molar-refractivity contribution in [3.63, 3.8) is 0 Å². The monoisotopic (exact) mass is 657 g/mol. The lowest BCUT2D eigenvalue weighted by Crippen LogP contribution is -2.52. The van der Waals surface area contributed by atoms with Crippen molar-refractivity contribution < 1.29 is 24.6 Å². The van der Waals surface area contributed by atoms with Crippen LogP contribution in [0, 0.1) is 11.8 Å². The van der Waals surface area contributed by atoms with Gasteiger partial charge in [-0.15, -0.1) is 11.3 Å². The molecule has 0 bridgehead atoms. The molecule has 46 heavy (non-hydrogen) atoms. The normalized spacial score (nSPS) is 16.4. The van der Waals surface area contributed by atoms with Gasteiger partial charge in [0.05, 0.1) is 30.9 Å². The van der Waals surface area contributed by atoms with E-state index in [1.165, 1.54) is 22.7 Å². The van der Waals surface area contributed by atoms with Crippen LogP contribution in [-0.4, -0.2) is 93.1 Å². The van der Waals surface area contributed by atoms with Crippen molar-refractivity contribution in [2.75, 3.05) is 32.9 Å². The van der Waals surface area contributed by atoms with Crippen molar-refractivity contribution in [1.82, 2.24) is 19.7 Å². The lowest BCUT2D eigenvalue weighted by Gasteiger charge is -2.39. The first-order valence-corrected chi connectivity index (χ1v) is 17.6. The standard InChI is InChI=1S/C35H55N5O5S/c1-24(2)18-30(41)34(45)29(19-26-12-8-6-9-13-26)40(21-28-23-46-35(36)37-28)32(43)17-16-31(42)39(22-33(44)38(4)5)20-25(3)27-14-10-7-11-15-27/h7,10-11,14-15,23-26,29-30,34,41,45H,6,8-9,12-13,16-22H2,1-5H3,(H2,36,37)/t25-,29+,30+,34-/m1/s1. The number of nitrogen functional groups attached to an aromatic ring is 1. The number of carbonyl (C=O) groups excluding carboxylic acids is 3. The summed E-state index contributed by atoms with van der Waals surface area (Å²) in [6.07, 6.45) is 4.05. The number of hydrogen-bond acceptors (Lipinski definition) is 8. The maximum Gasteiger partial charge on any atom is 0.241 e. The minimum absolute atomic E-state index is 0.0140. The van der Waals surface area contributed by atoms with Crippen LogP contribution < -0.4 is 5.73 Å². The predicted octanol–water partition coefficient (Wildman–Crippen LogP) is 4.66. The number of hydrogen-bond donors (Lipinski definition) is 3. The Balaban J connectivity index is 1.84. The van der Waals surface area contributed by atoms with E-state index in [4.69, 9.17) is 5.73 Å². The summed E-state index contributed by atoms with van der Waals surface area (Å²) in [4.78, 5) is 49.5. The van der Waals surface area contributed by atoms with Crippen LogP contribution in [0.2, 0.25) is 0 Å². The third-order valence-corrected chi connectivity index (χ3v) is 9.74. The fraction of sp³-hybridized carbons (Fsp3) is 0.657. The molecule has 0 spiro atoms. The van der Waals surface area contributed by atoms with E-state index in [9.17, 15) is 24.6 Å². The van der Waals surface area contributed by atoms with Gasteiger partial charge < -0.3 is 30.6 Å². The molecular weight excluding hydrogens is 602 g/mol. The molecule has 11 heteroatoms. The molecule has 1 saturated carbocycles. The Kier molecular flexibility index (Phi) is 14.9. The Morgan fingerprint density at radius 1 is 0.978 bits per heavy atom. The quantitative estimate of drug-likeness (QED) is 0.225. The SMILES string of the molecule is CC(C)C[C@H](O)[C@H](O)[C@H](CC1CCCCC1)N(Cc1csc(N)n1)C(=O)CCC(=O)N(CC(=O)N(C)C)C[C@@H](C)c1ccccc1. The summed E-state index contributed by atoms with van der Waals surface area (Å²) >= 11 is 1.28. The van der Waals surface area contributed by atoms with Crippen LogP contribution >= 0.6 is 11.3 Å². The molecule has 256 valence electrons. The van der Waals surface area contributed by atoms with Gasteiger partial charge in [-0.05, 0) is 36.2 Å². The van der Waals surface area contributed by atoms with Gasteiger partial charge in [0.1, 0.15) is 6.10 Å². The van der Waals surface area contributed by atoms with Crippen molar-refractivity contribution in [1.29, 1.82) is 0 Å². The highest BCUT2D eigenvalue weighted by Gasteiger charge is 2.37. The minimum Gasteiger partial charge on any atom is -0.390 e. The number of anilines is 1. The second-order valence-corrected chi connectivity index (χ2v) is 14.5. The van der Waals surface area contributed by atoms with E-state index in [-0.39, 0.29) is 55.5 Å². The molecule has 0 radical (unpaired) electrons. The van der Waals surface area contributed by atoms with E-state index in [0.717, 1.165) is 31.2 Å². The molecule has 3 amide bonds. The van der Waals surface area contributed by atoms with Gasteiger partial charge in [-0.25, -0.2) is 4.98 Å². The van der Waals surface area contributed by atoms with Crippen LogP contribution in [0.3, 0.4) is 0 Å². The lowest BCUT2D eigenvalue weighted by molar-refractivity contribution is -0.144. The Hall–Kier alpha value is -3.02. The van der Waals surface area contributed by atoms with Crippen LogP contribution in [0.4, 0.5) is 5.13 Å². The van der Waals surface area contributed by atoms with Crippen molar-refractivity contribution in [3.8, 4) is 0 Å². The third kappa shape index (κ3) is 11.7. The Bertz CT molecular complexity index is 1230. The second kappa shape index (κ2) is 18.4. The molecular formula is C35H55N5O5S. The lowest BCUT2D eigenvalue weighted by atomic mass is 9.81. The van der Waals surface area contributed by atoms with Crippen molar-refractivity contribution in [2.24, 2.45) is 11.8 Å². The van der Waals surface area contributed by atoms with Crippen LogP contribution in [-0.2, 0) is 20.9 Å². The molecule has 1 aliphatic rings. The van der Waals surface area contributed by atoms with Crippen molar-refractivity contribution in [3.05, 3.63) is 47.0 Å². The third-order valence-electron chi connectivity index (χ3n) is 9.02. The number of rotatable bonds is 17. The molecule has 1 aromatic carbocycles. The Labute approximate surface area is 279 Å². The molecule has 1 aliphatic carbocycles. The molecule has 0 aliphatic heterocycles. The molecule has 2 aromatic rings. The average Bonchev–Trinajstić information content (AvgIpc) is 3.45. The Morgan fingerprint density at radius 3 is 2.22 bits per heavy atom. The van der Waals surface area contributed by atoms with Gasteiger partial charge in [0.15, 0.2) is 5.13 Å². The average molecular weight is 658 g/mol. The number of aromatic nitrogens is 1. The molecule has 0 saturated heterocycles. The summed E-state index contributed by atoms with van der Waals surface area (Å²) in [6, 6.07) is 9.18. The molecule has 0 unspecified atom stereocenters. The number of carbonyl (C=O) groups is 3. The van der Waals surface area contributed by atoms with Gasteiger partial charge in [-0.1, -0.05) is 83.2 Å². The first-order chi connectivity index (χ1) is 21.8. The fourth-order valence-corrected chi connectivity index (χ4v) is 6.90. The number of aliphatic hydroxyl groups is 2. The highest BCUT2D eigenvalue weighted by Crippen LogP contribution is 2.32. The van der Waals surface area contributed by atoms with E-state index < -0.39 is 18.2 Å². The van der Waals surface area contributed by atoms with E-state index >= 15 is 0 Å². The molecule has 1 aromatic heterocycles. The first-order valence-electron chi connectivity index (χ1n) is 16.7. The number of thiazole rings is 1.